The van der Waals surface area contributed by atoms with E-state index in [1.54, 1.807) is 12.1 Å². The highest BCUT2D eigenvalue weighted by atomic mass is 79.9. The fourth-order valence-electron chi connectivity index (χ4n) is 6.36. The lowest BCUT2D eigenvalue weighted by Crippen LogP contribution is -2.37. The van der Waals surface area contributed by atoms with Crippen molar-refractivity contribution < 1.29 is 14.3 Å². The van der Waals surface area contributed by atoms with Crippen LogP contribution in [0.1, 0.15) is 31.4 Å². The highest BCUT2D eigenvalue weighted by Crippen LogP contribution is 2.60. The second-order valence-corrected chi connectivity index (χ2v) is 12.7. The summed E-state index contributed by atoms with van der Waals surface area (Å²) in [6, 6.07) is 25.9. The van der Waals surface area contributed by atoms with Gasteiger partial charge in [0.25, 0.3) is 0 Å². The molecule has 2 saturated carbocycles. The van der Waals surface area contributed by atoms with Crippen LogP contribution in [0.4, 0.5) is 5.69 Å². The van der Waals surface area contributed by atoms with E-state index in [1.807, 2.05) is 30.3 Å². The van der Waals surface area contributed by atoms with Gasteiger partial charge in [0.15, 0.2) is 0 Å². The van der Waals surface area contributed by atoms with Crippen molar-refractivity contribution in [1.82, 2.24) is 0 Å². The molecular formula is C30H27Br2NO3. The van der Waals surface area contributed by atoms with Gasteiger partial charge in [-0.25, -0.2) is 0 Å². The van der Waals surface area contributed by atoms with Crippen molar-refractivity contribution in [1.29, 1.82) is 0 Å². The van der Waals surface area contributed by atoms with Crippen molar-refractivity contribution >= 4 is 49.4 Å². The summed E-state index contributed by atoms with van der Waals surface area (Å²) in [6.45, 7) is 4.43. The molecular weight excluding hydrogens is 582 g/mol. The van der Waals surface area contributed by atoms with Crippen LogP contribution in [0.2, 0.25) is 0 Å². The van der Waals surface area contributed by atoms with Gasteiger partial charge < -0.3 is 4.74 Å². The predicted molar refractivity (Wildman–Crippen MR) is 148 cm³/mol. The van der Waals surface area contributed by atoms with Crippen molar-refractivity contribution in [3.63, 3.8) is 0 Å². The van der Waals surface area contributed by atoms with E-state index >= 15 is 0 Å². The van der Waals surface area contributed by atoms with E-state index in [1.165, 1.54) is 16.0 Å². The Balaban J connectivity index is 1.17. The van der Waals surface area contributed by atoms with Crippen LogP contribution in [0.5, 0.6) is 11.5 Å². The van der Waals surface area contributed by atoms with Gasteiger partial charge in [-0.2, -0.15) is 0 Å². The molecule has 1 aliphatic heterocycles. The number of fused-ring (bicyclic) bond motifs is 5. The number of hydrogen-bond donors (Lipinski definition) is 0. The number of rotatable bonds is 5. The minimum absolute atomic E-state index is 0.0633. The number of nitrogens with zero attached hydrogens (tertiary/aromatic N) is 1. The lowest BCUT2D eigenvalue weighted by atomic mass is 9.78. The number of hydrogen-bond acceptors (Lipinski definition) is 3. The number of halogens is 2. The third-order valence-corrected chi connectivity index (χ3v) is 11.6. The second-order valence-electron chi connectivity index (χ2n) is 10.6. The van der Waals surface area contributed by atoms with Gasteiger partial charge in [0, 0.05) is 15.1 Å². The zero-order valence-electron chi connectivity index (χ0n) is 20.1. The molecule has 0 radical (unpaired) electrons. The van der Waals surface area contributed by atoms with Crippen molar-refractivity contribution in [3.05, 3.63) is 90.0 Å². The predicted octanol–water partition coefficient (Wildman–Crippen LogP) is 7.09. The molecule has 3 aromatic rings. The Morgan fingerprint density at radius 2 is 1.19 bits per heavy atom. The number of ether oxygens (including phenoxy) is 1. The van der Waals surface area contributed by atoms with Crippen LogP contribution in [0, 0.1) is 23.7 Å². The van der Waals surface area contributed by atoms with Gasteiger partial charge in [-0.3, -0.25) is 14.5 Å². The zero-order valence-corrected chi connectivity index (χ0v) is 23.3. The molecule has 2 amide bonds. The van der Waals surface area contributed by atoms with Crippen LogP contribution in [0.3, 0.4) is 0 Å². The molecule has 0 unspecified atom stereocenters. The summed E-state index contributed by atoms with van der Waals surface area (Å²) in [7, 11) is 0. The van der Waals surface area contributed by atoms with Crippen LogP contribution >= 0.6 is 31.9 Å². The largest absolute Gasteiger partial charge is 0.457 e. The number of anilines is 1. The van der Waals surface area contributed by atoms with E-state index in [9.17, 15) is 9.59 Å². The van der Waals surface area contributed by atoms with Crippen LogP contribution in [-0.2, 0) is 15.0 Å². The highest BCUT2D eigenvalue weighted by Gasteiger charge is 2.66. The molecule has 6 rings (SSSR count). The Kier molecular flexibility index (Phi) is 5.88. The Bertz CT molecular complexity index is 1270. The van der Waals surface area contributed by atoms with E-state index in [0.717, 1.165) is 12.2 Å². The third-order valence-electron chi connectivity index (χ3n) is 8.39. The summed E-state index contributed by atoms with van der Waals surface area (Å²) in [5.41, 5.74) is 2.97. The summed E-state index contributed by atoms with van der Waals surface area (Å²) < 4.78 is 6.07. The first-order chi connectivity index (χ1) is 17.3. The molecule has 0 aromatic heterocycles. The fourth-order valence-corrected chi connectivity index (χ4v) is 8.24. The molecule has 36 heavy (non-hydrogen) atoms. The van der Waals surface area contributed by atoms with Gasteiger partial charge >= 0.3 is 0 Å². The van der Waals surface area contributed by atoms with Crippen molar-refractivity contribution in [3.8, 4) is 11.5 Å². The number of carbonyl (C=O) groups excluding carboxylic acids is 2. The van der Waals surface area contributed by atoms with E-state index in [0.29, 0.717) is 11.4 Å². The molecule has 3 fully saturated rings. The van der Waals surface area contributed by atoms with E-state index in [2.05, 4.69) is 82.1 Å². The lowest BCUT2D eigenvalue weighted by Gasteiger charge is -2.28. The third kappa shape index (κ3) is 3.67. The number of amides is 2. The summed E-state index contributed by atoms with van der Waals surface area (Å²) in [5.74, 6) is 1.27. The molecule has 2 bridgehead atoms. The standard InChI is InChI=1S/C30H27Br2NO3/c1-30(2,17-6-4-3-5-7-17)18-8-12-20(13-9-18)36-21-14-10-19(11-15-21)33-28(34)24-22-16-23(25(24)29(33)35)27(32)26(22)31/h3-15,22-27H,16H2,1-2H3/t22-,23-,24-,25+,26-,27+/m1/s1. The normalized spacial score (nSPS) is 29.1. The molecule has 0 N–H and O–H groups in total. The van der Waals surface area contributed by atoms with Gasteiger partial charge in [0.2, 0.25) is 11.8 Å². The topological polar surface area (TPSA) is 46.6 Å². The average Bonchev–Trinajstić information content (AvgIpc) is 3.50. The van der Waals surface area contributed by atoms with E-state index in [-0.39, 0.29) is 50.6 Å². The average molecular weight is 609 g/mol. The Morgan fingerprint density at radius 3 is 1.72 bits per heavy atom. The van der Waals surface area contributed by atoms with Crippen molar-refractivity contribution in [2.24, 2.45) is 23.7 Å². The van der Waals surface area contributed by atoms with Gasteiger partial charge in [0.05, 0.1) is 17.5 Å². The van der Waals surface area contributed by atoms with E-state index in [4.69, 9.17) is 4.74 Å². The van der Waals surface area contributed by atoms with Gasteiger partial charge in [-0.15, -0.1) is 0 Å². The summed E-state index contributed by atoms with van der Waals surface area (Å²) >= 11 is 7.49. The summed E-state index contributed by atoms with van der Waals surface area (Å²) in [6.07, 6.45) is 0.931. The number of alkyl halides is 2. The van der Waals surface area contributed by atoms with Crippen LogP contribution in [0.25, 0.3) is 0 Å². The molecule has 3 aromatic carbocycles. The van der Waals surface area contributed by atoms with Crippen LogP contribution in [-0.4, -0.2) is 21.5 Å². The maximum Gasteiger partial charge on any atom is 0.238 e. The lowest BCUT2D eigenvalue weighted by molar-refractivity contribution is -0.123. The van der Waals surface area contributed by atoms with Gasteiger partial charge in [-0.05, 0) is 65.8 Å². The molecule has 184 valence electrons. The maximum atomic E-state index is 13.3. The molecule has 4 nitrogen and oxygen atoms in total. The SMILES string of the molecule is CC(C)(c1ccccc1)c1ccc(Oc2ccc(N3C(=O)[C@@H]4[C@H]5C[C@@H]([C@H](Br)[C@@H]5Br)[C@@H]4C3=O)cc2)cc1. The first-order valence-electron chi connectivity index (χ1n) is 12.4. The summed E-state index contributed by atoms with van der Waals surface area (Å²) in [4.78, 5) is 28.4. The van der Waals surface area contributed by atoms with Crippen molar-refractivity contribution in [2.45, 2.75) is 35.3 Å². The van der Waals surface area contributed by atoms with Crippen LogP contribution < -0.4 is 9.64 Å². The molecule has 3 aliphatic rings. The molecule has 2 aliphatic carbocycles. The maximum absolute atomic E-state index is 13.3. The molecule has 6 atom stereocenters. The van der Waals surface area contributed by atoms with Crippen molar-refractivity contribution in [2.75, 3.05) is 4.90 Å². The Hall–Kier alpha value is -2.44. The molecule has 0 spiro atoms. The quantitative estimate of drug-likeness (QED) is 0.229. The zero-order chi connectivity index (χ0) is 25.2. The second kappa shape index (κ2) is 8.84. The molecule has 1 saturated heterocycles. The first-order valence-corrected chi connectivity index (χ1v) is 14.2. The first kappa shape index (κ1) is 23.9. The van der Waals surface area contributed by atoms with E-state index < -0.39 is 0 Å². The molecule has 1 heterocycles. The Labute approximate surface area is 228 Å². The Morgan fingerprint density at radius 1 is 0.722 bits per heavy atom. The number of carbonyl (C=O) groups is 2. The smallest absolute Gasteiger partial charge is 0.238 e. The van der Waals surface area contributed by atoms with Gasteiger partial charge in [-0.1, -0.05) is 88.2 Å². The monoisotopic (exact) mass is 607 g/mol. The fraction of sp³-hybridized carbons (Fsp3) is 0.333. The molecule has 6 heteroatoms. The van der Waals surface area contributed by atoms with Crippen LogP contribution in [0.15, 0.2) is 78.9 Å². The highest BCUT2D eigenvalue weighted by molar-refractivity contribution is 9.12. The van der Waals surface area contributed by atoms with Gasteiger partial charge in [0.1, 0.15) is 11.5 Å². The minimum atomic E-state index is -0.213. The number of imide groups is 1. The number of benzene rings is 3. The summed E-state index contributed by atoms with van der Waals surface area (Å²) in [5, 5.41) is 0. The minimum Gasteiger partial charge on any atom is -0.457 e.